The zero-order valence-electron chi connectivity index (χ0n) is 15.0. The van der Waals surface area contributed by atoms with Gasteiger partial charge in [-0.25, -0.2) is 9.97 Å². The number of aromatic hydroxyl groups is 1. The molecule has 0 radical (unpaired) electrons. The molecule has 5 rings (SSSR count). The molecule has 2 aromatic rings. The van der Waals surface area contributed by atoms with Crippen LogP contribution >= 0.6 is 0 Å². The Kier molecular flexibility index (Phi) is 3.39. The average molecular weight is 352 g/mol. The van der Waals surface area contributed by atoms with Gasteiger partial charge in [0.15, 0.2) is 0 Å². The van der Waals surface area contributed by atoms with Crippen LogP contribution in [0, 0.1) is 11.3 Å². The van der Waals surface area contributed by atoms with E-state index < -0.39 is 0 Å². The molecule has 1 saturated heterocycles. The summed E-state index contributed by atoms with van der Waals surface area (Å²) in [5, 5.41) is 14.1. The maximum absolute atomic E-state index is 12.8. The fourth-order valence-corrected chi connectivity index (χ4v) is 4.59. The molecule has 1 aliphatic heterocycles. The van der Waals surface area contributed by atoms with Crippen molar-refractivity contribution in [1.29, 1.82) is 0 Å². The molecule has 3 fully saturated rings. The summed E-state index contributed by atoms with van der Waals surface area (Å²) in [6.45, 7) is 2.95. The number of nitrogens with zero attached hydrogens (tertiary/aromatic N) is 3. The number of piperidine rings is 1. The highest BCUT2D eigenvalue weighted by Crippen LogP contribution is 2.71. The molecule has 136 valence electrons. The lowest BCUT2D eigenvalue weighted by Crippen LogP contribution is -2.48. The van der Waals surface area contributed by atoms with Crippen molar-refractivity contribution in [2.75, 3.05) is 11.9 Å². The van der Waals surface area contributed by atoms with E-state index >= 15 is 0 Å². The lowest BCUT2D eigenvalue weighted by Gasteiger charge is -2.38. The summed E-state index contributed by atoms with van der Waals surface area (Å²) >= 11 is 0. The van der Waals surface area contributed by atoms with Crippen LogP contribution in [0.3, 0.4) is 0 Å². The Labute approximate surface area is 152 Å². The minimum absolute atomic E-state index is 0.211. The Morgan fingerprint density at radius 1 is 1.35 bits per heavy atom. The normalized spacial score (nSPS) is 29.0. The van der Waals surface area contributed by atoms with Gasteiger partial charge in [-0.1, -0.05) is 0 Å². The molecule has 26 heavy (non-hydrogen) atoms. The molecule has 1 aromatic heterocycles. The molecule has 2 N–H and O–H groups in total. The van der Waals surface area contributed by atoms with Crippen molar-refractivity contribution in [3.63, 3.8) is 0 Å². The van der Waals surface area contributed by atoms with E-state index in [-0.39, 0.29) is 17.8 Å². The predicted octanol–water partition coefficient (Wildman–Crippen LogP) is 2.93. The number of amides is 1. The zero-order chi connectivity index (χ0) is 17.9. The maximum Gasteiger partial charge on any atom is 0.226 e. The second kappa shape index (κ2) is 5.56. The van der Waals surface area contributed by atoms with E-state index in [1.165, 1.54) is 12.8 Å². The number of hydrogen-bond donors (Lipinski definition) is 2. The van der Waals surface area contributed by atoms with Gasteiger partial charge in [-0.05, 0) is 62.6 Å². The zero-order valence-corrected chi connectivity index (χ0v) is 15.0. The first-order valence-electron chi connectivity index (χ1n) is 9.56. The molecule has 3 aliphatic rings. The SMILES string of the molecule is CC1CC(Nc2ncnc3ccc(O)cc23)CCN1C(=O)C1CC12CC2. The van der Waals surface area contributed by atoms with Gasteiger partial charge >= 0.3 is 0 Å². The lowest BCUT2D eigenvalue weighted by atomic mass is 9.97. The van der Waals surface area contributed by atoms with E-state index in [0.717, 1.165) is 42.5 Å². The highest BCUT2D eigenvalue weighted by molar-refractivity contribution is 5.90. The van der Waals surface area contributed by atoms with E-state index in [1.54, 1.807) is 24.5 Å². The van der Waals surface area contributed by atoms with Gasteiger partial charge in [-0.2, -0.15) is 0 Å². The van der Waals surface area contributed by atoms with Crippen molar-refractivity contribution >= 4 is 22.6 Å². The molecule has 3 unspecified atom stereocenters. The molecule has 2 aliphatic carbocycles. The molecule has 6 heteroatoms. The number of carbonyl (C=O) groups excluding carboxylic acids is 1. The first kappa shape index (κ1) is 15.9. The van der Waals surface area contributed by atoms with E-state index in [0.29, 0.717) is 17.2 Å². The number of nitrogens with one attached hydrogen (secondary N) is 1. The largest absolute Gasteiger partial charge is 0.508 e. The van der Waals surface area contributed by atoms with Crippen LogP contribution in [0.25, 0.3) is 10.9 Å². The number of benzene rings is 1. The van der Waals surface area contributed by atoms with Gasteiger partial charge in [-0.15, -0.1) is 0 Å². The minimum atomic E-state index is 0.211. The summed E-state index contributed by atoms with van der Waals surface area (Å²) in [6, 6.07) is 5.64. The number of rotatable bonds is 3. The fourth-order valence-electron chi connectivity index (χ4n) is 4.59. The molecular weight excluding hydrogens is 328 g/mol. The Bertz CT molecular complexity index is 879. The van der Waals surface area contributed by atoms with Gasteiger partial charge in [0, 0.05) is 29.9 Å². The third kappa shape index (κ3) is 2.59. The van der Waals surface area contributed by atoms with Crippen molar-refractivity contribution in [3.8, 4) is 5.75 Å². The van der Waals surface area contributed by atoms with Crippen LogP contribution in [0.4, 0.5) is 5.82 Å². The number of hydrogen-bond acceptors (Lipinski definition) is 5. The van der Waals surface area contributed by atoms with E-state index in [9.17, 15) is 9.90 Å². The van der Waals surface area contributed by atoms with Crippen LogP contribution in [0.15, 0.2) is 24.5 Å². The summed E-state index contributed by atoms with van der Waals surface area (Å²) < 4.78 is 0. The fraction of sp³-hybridized carbons (Fsp3) is 0.550. The molecule has 1 aromatic carbocycles. The number of likely N-dealkylation sites (tertiary alicyclic amines) is 1. The first-order chi connectivity index (χ1) is 12.6. The van der Waals surface area contributed by atoms with Crippen LogP contribution in [0.5, 0.6) is 5.75 Å². The van der Waals surface area contributed by atoms with E-state index in [2.05, 4.69) is 27.1 Å². The molecule has 0 bridgehead atoms. The highest BCUT2D eigenvalue weighted by atomic mass is 16.3. The molecule has 2 saturated carbocycles. The van der Waals surface area contributed by atoms with Crippen LogP contribution in [0.2, 0.25) is 0 Å². The minimum Gasteiger partial charge on any atom is -0.508 e. The molecule has 1 amide bonds. The van der Waals surface area contributed by atoms with Gasteiger partial charge in [0.2, 0.25) is 5.91 Å². The third-order valence-corrected chi connectivity index (χ3v) is 6.50. The molecular formula is C20H24N4O2. The highest BCUT2D eigenvalue weighted by Gasteiger charge is 2.66. The average Bonchev–Trinajstić information content (AvgIpc) is 3.55. The Balaban J connectivity index is 1.28. The number of fused-ring (bicyclic) bond motifs is 1. The van der Waals surface area contributed by atoms with Gasteiger partial charge in [0.05, 0.1) is 5.52 Å². The Morgan fingerprint density at radius 2 is 2.19 bits per heavy atom. The number of phenolic OH excluding ortho intramolecular Hbond substituents is 1. The number of anilines is 1. The van der Waals surface area contributed by atoms with Gasteiger partial charge in [0.1, 0.15) is 17.9 Å². The van der Waals surface area contributed by atoms with Crippen molar-refractivity contribution in [2.45, 2.75) is 51.1 Å². The predicted molar refractivity (Wildman–Crippen MR) is 98.8 cm³/mol. The number of aromatic nitrogens is 2. The third-order valence-electron chi connectivity index (χ3n) is 6.50. The van der Waals surface area contributed by atoms with Crippen molar-refractivity contribution in [1.82, 2.24) is 14.9 Å². The summed E-state index contributed by atoms with van der Waals surface area (Å²) in [4.78, 5) is 23.5. The molecule has 2 heterocycles. The van der Waals surface area contributed by atoms with Crippen molar-refractivity contribution in [2.24, 2.45) is 11.3 Å². The summed E-state index contributed by atoms with van der Waals surface area (Å²) in [5.74, 6) is 1.65. The summed E-state index contributed by atoms with van der Waals surface area (Å²) in [6.07, 6.45) is 7.00. The van der Waals surface area contributed by atoms with Crippen molar-refractivity contribution < 1.29 is 9.90 Å². The van der Waals surface area contributed by atoms with Crippen LogP contribution in [-0.4, -0.2) is 44.5 Å². The number of carbonyl (C=O) groups is 1. The monoisotopic (exact) mass is 352 g/mol. The smallest absolute Gasteiger partial charge is 0.226 e. The quantitative estimate of drug-likeness (QED) is 0.888. The van der Waals surface area contributed by atoms with Crippen molar-refractivity contribution in [3.05, 3.63) is 24.5 Å². The standard InChI is InChI=1S/C20H24N4O2/c1-12-8-13(4-7-24(12)19(26)16-10-20(16)5-6-20)23-18-15-9-14(25)2-3-17(15)21-11-22-18/h2-3,9,11-13,16,25H,4-8,10H2,1H3,(H,21,22,23). The summed E-state index contributed by atoms with van der Waals surface area (Å²) in [5.41, 5.74) is 1.23. The van der Waals surface area contributed by atoms with Gasteiger partial charge < -0.3 is 15.3 Å². The maximum atomic E-state index is 12.8. The van der Waals surface area contributed by atoms with Crippen LogP contribution < -0.4 is 5.32 Å². The van der Waals surface area contributed by atoms with E-state index in [1.807, 2.05) is 0 Å². The Morgan fingerprint density at radius 3 is 2.92 bits per heavy atom. The van der Waals surface area contributed by atoms with Crippen LogP contribution in [-0.2, 0) is 4.79 Å². The molecule has 1 spiro atoms. The molecule has 3 atom stereocenters. The molecule has 6 nitrogen and oxygen atoms in total. The topological polar surface area (TPSA) is 78.4 Å². The Hall–Kier alpha value is -2.37. The first-order valence-corrected chi connectivity index (χ1v) is 9.56. The van der Waals surface area contributed by atoms with Crippen LogP contribution in [0.1, 0.15) is 39.0 Å². The number of phenols is 1. The lowest BCUT2D eigenvalue weighted by molar-refractivity contribution is -0.136. The van der Waals surface area contributed by atoms with Gasteiger partial charge in [-0.3, -0.25) is 4.79 Å². The summed E-state index contributed by atoms with van der Waals surface area (Å²) in [7, 11) is 0. The second-order valence-corrected chi connectivity index (χ2v) is 8.29. The van der Waals surface area contributed by atoms with Gasteiger partial charge in [0.25, 0.3) is 0 Å². The van der Waals surface area contributed by atoms with E-state index in [4.69, 9.17) is 0 Å². The second-order valence-electron chi connectivity index (χ2n) is 8.29.